The number of anilines is 2. The van der Waals surface area contributed by atoms with Crippen molar-refractivity contribution in [3.8, 4) is 11.3 Å². The lowest BCUT2D eigenvalue weighted by Crippen LogP contribution is -2.24. The number of carbonyl (C=O) groups excluding carboxylic acids is 2. The number of hydrogen-bond donors (Lipinski definition) is 3. The molecule has 2 amide bonds. The van der Waals surface area contributed by atoms with Gasteiger partial charge in [0.15, 0.2) is 5.13 Å². The smallest absolute Gasteiger partial charge is 0.303 e. The molecule has 3 N–H and O–H groups in total. The summed E-state index contributed by atoms with van der Waals surface area (Å²) in [5, 5.41) is 17.0. The van der Waals surface area contributed by atoms with Crippen LogP contribution in [-0.2, 0) is 14.4 Å². The predicted octanol–water partition coefficient (Wildman–Crippen LogP) is 5.78. The van der Waals surface area contributed by atoms with E-state index in [1.165, 1.54) is 23.1 Å². The molecule has 1 heterocycles. The zero-order valence-corrected chi connectivity index (χ0v) is 20.1. The van der Waals surface area contributed by atoms with Gasteiger partial charge in [0.05, 0.1) is 17.4 Å². The maximum absolute atomic E-state index is 12.8. The summed E-state index contributed by atoms with van der Waals surface area (Å²) in [6.45, 7) is 1.93. The lowest BCUT2D eigenvalue weighted by atomic mass is 10.2. The van der Waals surface area contributed by atoms with Crippen molar-refractivity contribution in [2.75, 3.05) is 10.6 Å². The summed E-state index contributed by atoms with van der Waals surface area (Å²) in [6.07, 6.45) is 0.272. The lowest BCUT2D eigenvalue weighted by Gasteiger charge is -2.14. The van der Waals surface area contributed by atoms with Gasteiger partial charge in [-0.15, -0.1) is 23.1 Å². The lowest BCUT2D eigenvalue weighted by molar-refractivity contribution is -0.138. The summed E-state index contributed by atoms with van der Waals surface area (Å²) in [7, 11) is 0. The van der Waals surface area contributed by atoms with E-state index in [4.69, 9.17) is 16.7 Å². The maximum Gasteiger partial charge on any atom is 0.303 e. The van der Waals surface area contributed by atoms with E-state index in [1.807, 2.05) is 30.5 Å². The number of carboxylic acid groups (broad SMARTS) is 1. The number of nitrogens with zero attached hydrogens (tertiary/aromatic N) is 1. The van der Waals surface area contributed by atoms with Crippen LogP contribution in [0, 0.1) is 0 Å². The molecule has 0 saturated carbocycles. The highest BCUT2D eigenvalue weighted by Gasteiger charge is 2.20. The molecular weight excluding hydrogens is 482 g/mol. The van der Waals surface area contributed by atoms with Crippen molar-refractivity contribution in [2.24, 2.45) is 0 Å². The molecule has 33 heavy (non-hydrogen) atoms. The number of aliphatic carboxylic acids is 1. The van der Waals surface area contributed by atoms with Gasteiger partial charge in [-0.2, -0.15) is 0 Å². The van der Waals surface area contributed by atoms with E-state index in [-0.39, 0.29) is 29.9 Å². The Morgan fingerprint density at radius 1 is 1.12 bits per heavy atom. The molecule has 0 aliphatic carbocycles. The van der Waals surface area contributed by atoms with Crippen molar-refractivity contribution in [1.82, 2.24) is 4.98 Å². The minimum Gasteiger partial charge on any atom is -0.481 e. The molecule has 0 saturated heterocycles. The molecule has 0 spiro atoms. The summed E-state index contributed by atoms with van der Waals surface area (Å²) in [5.41, 5.74) is 2.23. The van der Waals surface area contributed by atoms with Crippen molar-refractivity contribution in [2.45, 2.75) is 36.3 Å². The molecule has 3 rings (SSSR count). The number of thiazole rings is 1. The highest BCUT2D eigenvalue weighted by Crippen LogP contribution is 2.30. The Hall–Kier alpha value is -2.88. The molecule has 1 atom stereocenters. The summed E-state index contributed by atoms with van der Waals surface area (Å²) in [6, 6.07) is 14.5. The van der Waals surface area contributed by atoms with Gasteiger partial charge in [-0.05, 0) is 36.8 Å². The number of hydrogen-bond acceptors (Lipinski definition) is 6. The molecule has 10 heteroatoms. The predicted molar refractivity (Wildman–Crippen MR) is 133 cm³/mol. The molecule has 0 fully saturated rings. The quantitative estimate of drug-likeness (QED) is 0.303. The zero-order valence-electron chi connectivity index (χ0n) is 17.7. The minimum absolute atomic E-state index is 0.0987. The number of benzene rings is 2. The third-order valence-corrected chi connectivity index (χ3v) is 6.87. The van der Waals surface area contributed by atoms with Gasteiger partial charge in [-0.3, -0.25) is 14.4 Å². The van der Waals surface area contributed by atoms with Gasteiger partial charge < -0.3 is 15.7 Å². The number of carbonyl (C=O) groups is 3. The van der Waals surface area contributed by atoms with E-state index in [0.29, 0.717) is 22.3 Å². The second kappa shape index (κ2) is 11.8. The first kappa shape index (κ1) is 24.8. The van der Waals surface area contributed by atoms with Crippen LogP contribution < -0.4 is 10.6 Å². The van der Waals surface area contributed by atoms with Crippen LogP contribution in [0.25, 0.3) is 11.3 Å². The molecule has 0 aliphatic heterocycles. The fourth-order valence-corrected chi connectivity index (χ4v) is 4.71. The Morgan fingerprint density at radius 2 is 1.88 bits per heavy atom. The number of rotatable bonds is 10. The Kier molecular flexibility index (Phi) is 8.87. The number of amides is 2. The highest BCUT2D eigenvalue weighted by molar-refractivity contribution is 8.00. The number of nitrogens with one attached hydrogen (secondary N) is 2. The van der Waals surface area contributed by atoms with Crippen LogP contribution in [0.15, 0.2) is 58.8 Å². The fraction of sp³-hybridized carbons (Fsp3) is 0.217. The van der Waals surface area contributed by atoms with Crippen molar-refractivity contribution < 1.29 is 19.5 Å². The molecule has 0 aliphatic rings. The van der Waals surface area contributed by atoms with Gasteiger partial charge in [0.2, 0.25) is 11.8 Å². The summed E-state index contributed by atoms with van der Waals surface area (Å²) >= 11 is 8.67. The van der Waals surface area contributed by atoms with Crippen molar-refractivity contribution >= 4 is 63.3 Å². The fourth-order valence-electron chi connectivity index (χ4n) is 2.85. The van der Waals surface area contributed by atoms with E-state index < -0.39 is 5.97 Å². The van der Waals surface area contributed by atoms with Crippen LogP contribution in [0.1, 0.15) is 26.2 Å². The standard InChI is InChI=1S/C23H22ClN3O4S2/c1-2-19(33-17-5-3-4-16(12-17)25-20(28)10-11-21(29)30)22(31)27-23-26-18(13-32-23)14-6-8-15(24)9-7-14/h3-9,12-13,19H,2,10-11H2,1H3,(H,25,28)(H,29,30)(H,26,27,31). The molecule has 172 valence electrons. The highest BCUT2D eigenvalue weighted by atomic mass is 35.5. The summed E-state index contributed by atoms with van der Waals surface area (Å²) in [4.78, 5) is 40.6. The van der Waals surface area contributed by atoms with Crippen molar-refractivity contribution in [1.29, 1.82) is 0 Å². The largest absolute Gasteiger partial charge is 0.481 e. The summed E-state index contributed by atoms with van der Waals surface area (Å²) < 4.78 is 0. The van der Waals surface area contributed by atoms with Gasteiger partial charge in [0.1, 0.15) is 0 Å². The van der Waals surface area contributed by atoms with Gasteiger partial charge in [0.25, 0.3) is 0 Å². The van der Waals surface area contributed by atoms with E-state index in [0.717, 1.165) is 16.2 Å². The molecule has 7 nitrogen and oxygen atoms in total. The number of halogens is 1. The average molecular weight is 504 g/mol. The van der Waals surface area contributed by atoms with Crippen LogP contribution in [0.4, 0.5) is 10.8 Å². The molecule has 1 aromatic heterocycles. The van der Waals surface area contributed by atoms with Crippen LogP contribution in [0.3, 0.4) is 0 Å². The first-order valence-electron chi connectivity index (χ1n) is 10.1. The summed E-state index contributed by atoms with van der Waals surface area (Å²) in [5.74, 6) is -1.55. The van der Waals surface area contributed by atoms with Gasteiger partial charge in [-0.25, -0.2) is 4.98 Å². The van der Waals surface area contributed by atoms with E-state index in [9.17, 15) is 14.4 Å². The number of thioether (sulfide) groups is 1. The first-order valence-corrected chi connectivity index (χ1v) is 12.3. The van der Waals surface area contributed by atoms with Crippen LogP contribution in [-0.4, -0.2) is 33.1 Å². The van der Waals surface area contributed by atoms with Crippen LogP contribution in [0.2, 0.25) is 5.02 Å². The van der Waals surface area contributed by atoms with Crippen LogP contribution >= 0.6 is 34.7 Å². The SMILES string of the molecule is CCC(Sc1cccc(NC(=O)CCC(=O)O)c1)C(=O)Nc1nc(-c2ccc(Cl)cc2)cs1. The van der Waals surface area contributed by atoms with Gasteiger partial charge in [0, 0.05) is 33.0 Å². The van der Waals surface area contributed by atoms with Crippen molar-refractivity contribution in [3.05, 3.63) is 58.9 Å². The first-order chi connectivity index (χ1) is 15.8. The third-order valence-electron chi connectivity index (χ3n) is 4.50. The Labute approximate surface area is 204 Å². The maximum atomic E-state index is 12.8. The van der Waals surface area contributed by atoms with Crippen molar-refractivity contribution in [3.63, 3.8) is 0 Å². The van der Waals surface area contributed by atoms with E-state index >= 15 is 0 Å². The normalized spacial score (nSPS) is 11.6. The van der Waals surface area contributed by atoms with Crippen LogP contribution in [0.5, 0.6) is 0 Å². The topological polar surface area (TPSA) is 108 Å². The Morgan fingerprint density at radius 3 is 2.58 bits per heavy atom. The van der Waals surface area contributed by atoms with Gasteiger partial charge >= 0.3 is 5.97 Å². The second-order valence-electron chi connectivity index (χ2n) is 7.02. The van der Waals surface area contributed by atoms with E-state index in [1.54, 1.807) is 30.3 Å². The molecule has 1 unspecified atom stereocenters. The molecule has 0 bridgehead atoms. The Balaban J connectivity index is 1.60. The third kappa shape index (κ3) is 7.59. The molecular formula is C23H22ClN3O4S2. The Bertz CT molecular complexity index is 1130. The number of aromatic nitrogens is 1. The van der Waals surface area contributed by atoms with Gasteiger partial charge in [-0.1, -0.05) is 36.7 Å². The zero-order chi connectivity index (χ0) is 23.8. The molecule has 0 radical (unpaired) electrons. The molecule has 2 aromatic carbocycles. The number of carboxylic acids is 1. The molecule has 3 aromatic rings. The minimum atomic E-state index is -1.02. The van der Waals surface area contributed by atoms with E-state index in [2.05, 4.69) is 15.6 Å². The average Bonchev–Trinajstić information content (AvgIpc) is 3.25. The second-order valence-corrected chi connectivity index (χ2v) is 9.59. The monoisotopic (exact) mass is 503 g/mol.